The molecule has 1 amide bonds. The Morgan fingerprint density at radius 2 is 2.06 bits per heavy atom. The van der Waals surface area contributed by atoms with Gasteiger partial charge in [-0.1, -0.05) is 0 Å². The van der Waals surface area contributed by atoms with Gasteiger partial charge >= 0.3 is 0 Å². The average molecular weight is 232 g/mol. The minimum atomic E-state index is -0.0595. The number of carbonyl (C=O) groups excluding carboxylic acids is 1. The topological polar surface area (TPSA) is 53.3 Å². The van der Waals surface area contributed by atoms with Crippen LogP contribution in [-0.4, -0.2) is 19.6 Å². The van der Waals surface area contributed by atoms with E-state index < -0.39 is 0 Å². The van der Waals surface area contributed by atoms with Crippen LogP contribution < -0.4 is 9.64 Å². The van der Waals surface area contributed by atoms with Gasteiger partial charge in [-0.3, -0.25) is 4.79 Å². The fourth-order valence-electron chi connectivity index (χ4n) is 1.41. The molecule has 0 heterocycles. The highest BCUT2D eigenvalue weighted by Gasteiger charge is 2.10. The van der Waals surface area contributed by atoms with Crippen molar-refractivity contribution in [2.75, 3.05) is 18.6 Å². The molecule has 1 aromatic rings. The molecular formula is C13H16N2O2. The number of benzene rings is 1. The first-order chi connectivity index (χ1) is 8.19. The van der Waals surface area contributed by atoms with Gasteiger partial charge in [0.25, 0.3) is 0 Å². The molecule has 0 fully saturated rings. The van der Waals surface area contributed by atoms with Crippen LogP contribution in [0.1, 0.15) is 19.8 Å². The quantitative estimate of drug-likeness (QED) is 0.783. The molecule has 0 aromatic heterocycles. The van der Waals surface area contributed by atoms with E-state index in [9.17, 15) is 4.79 Å². The van der Waals surface area contributed by atoms with E-state index in [0.717, 1.165) is 11.4 Å². The first-order valence-electron chi connectivity index (χ1n) is 5.55. The van der Waals surface area contributed by atoms with Gasteiger partial charge in [0.2, 0.25) is 5.91 Å². The molecule has 1 aromatic carbocycles. The first kappa shape index (κ1) is 13.0. The Balaban J connectivity index is 2.66. The SMILES string of the molecule is CCOc1ccc(N(C)C(=O)CCC#N)cc1. The van der Waals surface area contributed by atoms with Crippen LogP contribution in [-0.2, 0) is 4.79 Å². The van der Waals surface area contributed by atoms with Crippen molar-refractivity contribution in [3.63, 3.8) is 0 Å². The number of hydrogen-bond donors (Lipinski definition) is 0. The number of nitriles is 1. The molecule has 0 saturated heterocycles. The summed E-state index contributed by atoms with van der Waals surface area (Å²) in [5.74, 6) is 0.727. The van der Waals surface area contributed by atoms with Gasteiger partial charge in [0.15, 0.2) is 0 Å². The summed E-state index contributed by atoms with van der Waals surface area (Å²) in [6.45, 7) is 2.54. The van der Waals surface area contributed by atoms with E-state index in [0.29, 0.717) is 6.61 Å². The second kappa shape index (κ2) is 6.54. The number of nitrogens with zero attached hydrogens (tertiary/aromatic N) is 2. The van der Waals surface area contributed by atoms with Crippen molar-refractivity contribution in [3.05, 3.63) is 24.3 Å². The average Bonchev–Trinajstić information content (AvgIpc) is 2.36. The van der Waals surface area contributed by atoms with E-state index in [1.807, 2.05) is 37.3 Å². The predicted molar refractivity (Wildman–Crippen MR) is 65.9 cm³/mol. The van der Waals surface area contributed by atoms with Crippen molar-refractivity contribution < 1.29 is 9.53 Å². The summed E-state index contributed by atoms with van der Waals surface area (Å²) in [6.07, 6.45) is 0.500. The van der Waals surface area contributed by atoms with Gasteiger partial charge in [-0.25, -0.2) is 0 Å². The minimum absolute atomic E-state index is 0.0595. The van der Waals surface area contributed by atoms with E-state index >= 15 is 0 Å². The number of amides is 1. The molecule has 0 radical (unpaired) electrons. The molecule has 90 valence electrons. The van der Waals surface area contributed by atoms with Crippen molar-refractivity contribution >= 4 is 11.6 Å². The predicted octanol–water partition coefficient (Wildman–Crippen LogP) is 2.35. The number of anilines is 1. The lowest BCUT2D eigenvalue weighted by atomic mass is 10.2. The Morgan fingerprint density at radius 3 is 2.59 bits per heavy atom. The largest absolute Gasteiger partial charge is 0.494 e. The molecule has 4 heteroatoms. The fourth-order valence-corrected chi connectivity index (χ4v) is 1.41. The van der Waals surface area contributed by atoms with Crippen molar-refractivity contribution in [2.24, 2.45) is 0 Å². The van der Waals surface area contributed by atoms with Crippen molar-refractivity contribution in [3.8, 4) is 11.8 Å². The minimum Gasteiger partial charge on any atom is -0.494 e. The Bertz CT molecular complexity index is 406. The lowest BCUT2D eigenvalue weighted by molar-refractivity contribution is -0.118. The van der Waals surface area contributed by atoms with Crippen LogP contribution >= 0.6 is 0 Å². The fraction of sp³-hybridized carbons (Fsp3) is 0.385. The molecule has 0 spiro atoms. The van der Waals surface area contributed by atoms with E-state index in [2.05, 4.69) is 0 Å². The highest BCUT2D eigenvalue weighted by molar-refractivity contribution is 5.92. The number of rotatable bonds is 5. The van der Waals surface area contributed by atoms with E-state index in [1.54, 1.807) is 11.9 Å². The zero-order valence-corrected chi connectivity index (χ0v) is 10.1. The molecule has 0 aliphatic rings. The molecule has 4 nitrogen and oxygen atoms in total. The standard InChI is InChI=1S/C13H16N2O2/c1-3-17-12-8-6-11(7-9-12)15(2)13(16)5-4-10-14/h6-9H,3-5H2,1-2H3. The number of carbonyl (C=O) groups is 1. The third-order valence-electron chi connectivity index (χ3n) is 2.36. The Morgan fingerprint density at radius 1 is 1.41 bits per heavy atom. The van der Waals surface area contributed by atoms with Gasteiger partial charge in [-0.05, 0) is 31.2 Å². The Hall–Kier alpha value is -2.02. The van der Waals surface area contributed by atoms with Crippen molar-refractivity contribution in [1.29, 1.82) is 5.26 Å². The number of hydrogen-bond acceptors (Lipinski definition) is 3. The van der Waals surface area contributed by atoms with Crippen LogP contribution in [0.5, 0.6) is 5.75 Å². The lowest BCUT2D eigenvalue weighted by Gasteiger charge is -2.17. The lowest BCUT2D eigenvalue weighted by Crippen LogP contribution is -2.25. The van der Waals surface area contributed by atoms with Crippen LogP contribution in [0.3, 0.4) is 0 Å². The van der Waals surface area contributed by atoms with E-state index in [-0.39, 0.29) is 18.7 Å². The second-order valence-corrected chi connectivity index (χ2v) is 3.54. The molecule has 0 atom stereocenters. The van der Waals surface area contributed by atoms with Crippen LogP contribution in [0.2, 0.25) is 0 Å². The first-order valence-corrected chi connectivity index (χ1v) is 5.55. The van der Waals surface area contributed by atoms with E-state index in [1.165, 1.54) is 0 Å². The maximum atomic E-state index is 11.7. The van der Waals surface area contributed by atoms with Gasteiger partial charge in [-0.2, -0.15) is 5.26 Å². The summed E-state index contributed by atoms with van der Waals surface area (Å²) >= 11 is 0. The molecular weight excluding hydrogens is 216 g/mol. The highest BCUT2D eigenvalue weighted by Crippen LogP contribution is 2.19. The van der Waals surface area contributed by atoms with Gasteiger partial charge in [0.05, 0.1) is 12.7 Å². The summed E-state index contributed by atoms with van der Waals surface area (Å²) in [5.41, 5.74) is 0.802. The Kier molecular flexibility index (Phi) is 5.02. The molecule has 0 bridgehead atoms. The van der Waals surface area contributed by atoms with Crippen LogP contribution in [0.25, 0.3) is 0 Å². The summed E-state index contributed by atoms with van der Waals surface area (Å²) in [7, 11) is 1.70. The molecule has 0 saturated carbocycles. The van der Waals surface area contributed by atoms with Crippen molar-refractivity contribution in [1.82, 2.24) is 0 Å². The molecule has 0 aliphatic heterocycles. The van der Waals surface area contributed by atoms with Gasteiger partial charge in [0, 0.05) is 25.6 Å². The van der Waals surface area contributed by atoms with Crippen LogP contribution in [0.4, 0.5) is 5.69 Å². The van der Waals surface area contributed by atoms with Crippen LogP contribution in [0.15, 0.2) is 24.3 Å². The zero-order valence-electron chi connectivity index (χ0n) is 10.1. The zero-order chi connectivity index (χ0) is 12.7. The van der Waals surface area contributed by atoms with Gasteiger partial charge in [-0.15, -0.1) is 0 Å². The summed E-state index contributed by atoms with van der Waals surface area (Å²) in [6, 6.07) is 9.27. The maximum Gasteiger partial charge on any atom is 0.227 e. The third-order valence-corrected chi connectivity index (χ3v) is 2.36. The Labute approximate surface area is 101 Å². The van der Waals surface area contributed by atoms with Gasteiger partial charge < -0.3 is 9.64 Å². The van der Waals surface area contributed by atoms with Crippen LogP contribution in [0, 0.1) is 11.3 Å². The normalized spacial score (nSPS) is 9.47. The van der Waals surface area contributed by atoms with E-state index in [4.69, 9.17) is 10.00 Å². The molecule has 0 aliphatic carbocycles. The second-order valence-electron chi connectivity index (χ2n) is 3.54. The maximum absolute atomic E-state index is 11.7. The van der Waals surface area contributed by atoms with Crippen molar-refractivity contribution in [2.45, 2.75) is 19.8 Å². The molecule has 1 rings (SSSR count). The molecule has 0 unspecified atom stereocenters. The summed E-state index contributed by atoms with van der Waals surface area (Å²) < 4.78 is 5.32. The third kappa shape index (κ3) is 3.80. The molecule has 0 N–H and O–H groups in total. The molecule has 17 heavy (non-hydrogen) atoms. The monoisotopic (exact) mass is 232 g/mol. The summed E-state index contributed by atoms with van der Waals surface area (Å²) in [5, 5.41) is 8.43. The number of ether oxygens (including phenoxy) is 1. The smallest absolute Gasteiger partial charge is 0.227 e. The summed E-state index contributed by atoms with van der Waals surface area (Å²) in [4.78, 5) is 13.2. The highest BCUT2D eigenvalue weighted by atomic mass is 16.5. The van der Waals surface area contributed by atoms with Gasteiger partial charge in [0.1, 0.15) is 5.75 Å².